The number of hydrogen-bond acceptors (Lipinski definition) is 5. The molecular formula is C12H18N4O3. The predicted octanol–water partition coefficient (Wildman–Crippen LogP) is -0.461. The molecule has 0 saturated carbocycles. The molecule has 0 atom stereocenters. The summed E-state index contributed by atoms with van der Waals surface area (Å²) >= 11 is 0. The van der Waals surface area contributed by atoms with Gasteiger partial charge in [-0.2, -0.15) is 0 Å². The van der Waals surface area contributed by atoms with Gasteiger partial charge in [0.15, 0.2) is 0 Å². The Balaban J connectivity index is 2.86. The minimum atomic E-state index is -0.342. The van der Waals surface area contributed by atoms with E-state index in [2.05, 4.69) is 10.9 Å². The molecule has 0 unspecified atom stereocenters. The van der Waals surface area contributed by atoms with Crippen molar-refractivity contribution in [3.05, 3.63) is 29.8 Å². The van der Waals surface area contributed by atoms with E-state index in [1.807, 2.05) is 0 Å². The molecule has 7 heteroatoms. The Morgan fingerprint density at radius 2 is 1.58 bits per heavy atom. The number of nitrogens with one attached hydrogen (secondary N) is 2. The molecule has 2 amide bonds. The number of hydrazine groups is 2. The molecule has 0 aliphatic heterocycles. The third-order valence-electron chi connectivity index (χ3n) is 2.77. The van der Waals surface area contributed by atoms with Crippen LogP contribution >= 0.6 is 0 Å². The molecule has 0 spiro atoms. The fourth-order valence-corrected chi connectivity index (χ4v) is 1.75. The average Bonchev–Trinajstić information content (AvgIpc) is 2.46. The van der Waals surface area contributed by atoms with Crippen molar-refractivity contribution in [2.75, 3.05) is 7.11 Å². The highest BCUT2D eigenvalue weighted by Gasteiger charge is 2.19. The molecule has 1 aromatic carbocycles. The average molecular weight is 266 g/mol. The van der Waals surface area contributed by atoms with E-state index in [9.17, 15) is 9.59 Å². The largest absolute Gasteiger partial charge is 0.497 e. The van der Waals surface area contributed by atoms with Crippen molar-refractivity contribution in [1.82, 2.24) is 10.9 Å². The molecule has 0 fully saturated rings. The van der Waals surface area contributed by atoms with Crippen LogP contribution in [0.15, 0.2) is 24.3 Å². The Morgan fingerprint density at radius 3 is 1.95 bits per heavy atom. The molecule has 1 aromatic rings. The number of methoxy groups -OCH3 is 1. The summed E-state index contributed by atoms with van der Waals surface area (Å²) in [6.07, 6.45) is 0.215. The van der Waals surface area contributed by atoms with Gasteiger partial charge in [0.25, 0.3) is 0 Å². The highest BCUT2D eigenvalue weighted by molar-refractivity contribution is 5.80. The van der Waals surface area contributed by atoms with Gasteiger partial charge in [-0.05, 0) is 17.7 Å². The van der Waals surface area contributed by atoms with Crippen LogP contribution < -0.4 is 27.3 Å². The first-order valence-electron chi connectivity index (χ1n) is 5.73. The van der Waals surface area contributed by atoms with Gasteiger partial charge in [0, 0.05) is 18.8 Å². The van der Waals surface area contributed by atoms with E-state index in [1.165, 1.54) is 0 Å². The summed E-state index contributed by atoms with van der Waals surface area (Å²) < 4.78 is 5.05. The van der Waals surface area contributed by atoms with Crippen molar-refractivity contribution in [3.63, 3.8) is 0 Å². The predicted molar refractivity (Wildman–Crippen MR) is 69.6 cm³/mol. The van der Waals surface area contributed by atoms with E-state index in [-0.39, 0.29) is 30.6 Å². The molecule has 1 rings (SSSR count). The standard InChI is InChI=1S/C12H18N4O3/c1-19-10-4-2-8(3-5-10)9(6-11(17)15-13)7-12(18)16-14/h2-5,9H,6-7,13-14H2,1H3,(H,15,17)(H,16,18). The van der Waals surface area contributed by atoms with E-state index in [4.69, 9.17) is 16.4 Å². The lowest BCUT2D eigenvalue weighted by atomic mass is 9.92. The lowest BCUT2D eigenvalue weighted by molar-refractivity contribution is -0.123. The zero-order valence-electron chi connectivity index (χ0n) is 10.7. The quantitative estimate of drug-likeness (QED) is 0.315. The van der Waals surface area contributed by atoms with Crippen LogP contribution in [0.4, 0.5) is 0 Å². The van der Waals surface area contributed by atoms with Crippen LogP contribution in [0.2, 0.25) is 0 Å². The molecule has 104 valence electrons. The molecular weight excluding hydrogens is 248 g/mol. The fraction of sp³-hybridized carbons (Fsp3) is 0.333. The van der Waals surface area contributed by atoms with Gasteiger partial charge < -0.3 is 4.74 Å². The van der Waals surface area contributed by atoms with Crippen molar-refractivity contribution < 1.29 is 14.3 Å². The van der Waals surface area contributed by atoms with E-state index in [0.29, 0.717) is 5.75 Å². The SMILES string of the molecule is COc1ccc(C(CC(=O)NN)CC(=O)NN)cc1. The molecule has 6 N–H and O–H groups in total. The monoisotopic (exact) mass is 266 g/mol. The lowest BCUT2D eigenvalue weighted by Crippen LogP contribution is -2.34. The molecule has 19 heavy (non-hydrogen) atoms. The number of benzene rings is 1. The summed E-state index contributed by atoms with van der Waals surface area (Å²) in [5, 5.41) is 0. The first-order chi connectivity index (χ1) is 9.10. The van der Waals surface area contributed by atoms with Gasteiger partial charge in [0.05, 0.1) is 7.11 Å². The number of nitrogens with two attached hydrogens (primary N) is 2. The van der Waals surface area contributed by atoms with Crippen molar-refractivity contribution in [3.8, 4) is 5.75 Å². The Labute approximate surface area is 111 Å². The van der Waals surface area contributed by atoms with Crippen LogP contribution in [-0.4, -0.2) is 18.9 Å². The third kappa shape index (κ3) is 4.57. The van der Waals surface area contributed by atoms with Gasteiger partial charge in [0.1, 0.15) is 5.75 Å². The summed E-state index contributed by atoms with van der Waals surface area (Å²) in [7, 11) is 1.57. The summed E-state index contributed by atoms with van der Waals surface area (Å²) in [6.45, 7) is 0. The van der Waals surface area contributed by atoms with E-state index < -0.39 is 0 Å². The van der Waals surface area contributed by atoms with Crippen LogP contribution in [0.25, 0.3) is 0 Å². The van der Waals surface area contributed by atoms with E-state index in [1.54, 1.807) is 31.4 Å². The van der Waals surface area contributed by atoms with E-state index >= 15 is 0 Å². The number of amides is 2. The van der Waals surface area contributed by atoms with Crippen LogP contribution in [0.3, 0.4) is 0 Å². The van der Waals surface area contributed by atoms with Crippen molar-refractivity contribution >= 4 is 11.8 Å². The zero-order chi connectivity index (χ0) is 14.3. The molecule has 0 aliphatic rings. The Morgan fingerprint density at radius 1 is 1.11 bits per heavy atom. The minimum Gasteiger partial charge on any atom is -0.497 e. The highest BCUT2D eigenvalue weighted by atomic mass is 16.5. The van der Waals surface area contributed by atoms with Crippen molar-refractivity contribution in [2.45, 2.75) is 18.8 Å². The molecule has 7 nitrogen and oxygen atoms in total. The van der Waals surface area contributed by atoms with Gasteiger partial charge >= 0.3 is 0 Å². The van der Waals surface area contributed by atoms with Gasteiger partial charge in [-0.15, -0.1) is 0 Å². The second-order valence-electron chi connectivity index (χ2n) is 4.01. The van der Waals surface area contributed by atoms with Crippen LogP contribution in [0, 0.1) is 0 Å². The maximum absolute atomic E-state index is 11.4. The van der Waals surface area contributed by atoms with Crippen LogP contribution in [0.5, 0.6) is 5.75 Å². The smallest absolute Gasteiger partial charge is 0.234 e. The minimum absolute atomic E-state index is 0.107. The number of rotatable bonds is 6. The van der Waals surface area contributed by atoms with Crippen molar-refractivity contribution in [2.24, 2.45) is 11.7 Å². The summed E-state index contributed by atoms with van der Waals surface area (Å²) in [5.41, 5.74) is 4.95. The molecule has 0 aromatic heterocycles. The summed E-state index contributed by atoms with van der Waals surface area (Å²) in [4.78, 5) is 22.7. The zero-order valence-corrected chi connectivity index (χ0v) is 10.7. The van der Waals surface area contributed by atoms with Gasteiger partial charge in [-0.3, -0.25) is 20.4 Å². The van der Waals surface area contributed by atoms with Gasteiger partial charge in [-0.1, -0.05) is 12.1 Å². The van der Waals surface area contributed by atoms with Crippen molar-refractivity contribution in [1.29, 1.82) is 0 Å². The van der Waals surface area contributed by atoms with Crippen LogP contribution in [-0.2, 0) is 9.59 Å². The Hall–Kier alpha value is -2.12. The molecule has 0 saturated heterocycles. The second-order valence-corrected chi connectivity index (χ2v) is 4.01. The first kappa shape index (κ1) is 14.9. The fourth-order valence-electron chi connectivity index (χ4n) is 1.75. The second kappa shape index (κ2) is 7.34. The number of carbonyl (C=O) groups excluding carboxylic acids is 2. The van der Waals surface area contributed by atoms with E-state index in [0.717, 1.165) is 5.56 Å². The first-order valence-corrected chi connectivity index (χ1v) is 5.73. The summed E-state index contributed by atoms with van der Waals surface area (Å²) in [6, 6.07) is 7.14. The van der Waals surface area contributed by atoms with Crippen LogP contribution in [0.1, 0.15) is 24.3 Å². The van der Waals surface area contributed by atoms with Gasteiger partial charge in [0.2, 0.25) is 11.8 Å². The lowest BCUT2D eigenvalue weighted by Gasteiger charge is -2.16. The molecule has 0 heterocycles. The van der Waals surface area contributed by atoms with Gasteiger partial charge in [-0.25, -0.2) is 11.7 Å². The Kier molecular flexibility index (Phi) is 5.77. The highest BCUT2D eigenvalue weighted by Crippen LogP contribution is 2.25. The molecule has 0 bridgehead atoms. The topological polar surface area (TPSA) is 119 Å². The maximum Gasteiger partial charge on any atom is 0.234 e. The molecule has 0 aliphatic carbocycles. The third-order valence-corrected chi connectivity index (χ3v) is 2.77. The number of carbonyl (C=O) groups is 2. The normalized spacial score (nSPS) is 10.1. The molecule has 0 radical (unpaired) electrons. The number of hydrogen-bond donors (Lipinski definition) is 4. The maximum atomic E-state index is 11.4. The summed E-state index contributed by atoms with van der Waals surface area (Å²) in [5.74, 6) is 9.85. The Bertz CT molecular complexity index is 415. The number of ether oxygens (including phenoxy) is 1.